The highest BCUT2D eigenvalue weighted by atomic mass is 35.5. The van der Waals surface area contributed by atoms with E-state index in [4.69, 9.17) is 11.6 Å². The first-order valence-corrected chi connectivity index (χ1v) is 2.51. The summed E-state index contributed by atoms with van der Waals surface area (Å²) in [5.41, 5.74) is -1.39. The third kappa shape index (κ3) is 2.76. The molecule has 0 rings (SSSR count). The van der Waals surface area contributed by atoms with E-state index in [1.807, 2.05) is 0 Å². The van der Waals surface area contributed by atoms with Crippen molar-refractivity contribution in [3.8, 4) is 0 Å². The second-order valence-electron chi connectivity index (χ2n) is 1.03. The zero-order valence-corrected chi connectivity index (χ0v) is 5.09. The minimum atomic E-state index is -1.39. The average Bonchev–Trinajstić information content (AvgIpc) is 1.67. The largest absolute Gasteiger partial charge is 0.395 e. The third-order valence-corrected chi connectivity index (χ3v) is 0.755. The summed E-state index contributed by atoms with van der Waals surface area (Å²) in [4.78, 5) is 8.93. The van der Waals surface area contributed by atoms with Crippen molar-refractivity contribution < 1.29 is 9.66 Å². The highest BCUT2D eigenvalue weighted by molar-refractivity contribution is 6.18. The van der Waals surface area contributed by atoms with Crippen molar-refractivity contribution in [2.24, 2.45) is 0 Å². The first-order valence-electron chi connectivity index (χ1n) is 2.07. The summed E-state index contributed by atoms with van der Waals surface area (Å²) in [6.45, 7) is 1.90. The molecule has 5 heteroatoms. The van der Waals surface area contributed by atoms with E-state index in [0.717, 1.165) is 0 Å². The first-order chi connectivity index (χ1) is 3.68. The minimum absolute atomic E-state index is 0.259. The van der Waals surface area contributed by atoms with Gasteiger partial charge in [-0.3, -0.25) is 10.1 Å². The molecule has 0 spiro atoms. The van der Waals surface area contributed by atoms with E-state index < -0.39 is 10.6 Å². The van der Waals surface area contributed by atoms with Crippen molar-refractivity contribution in [3.63, 3.8) is 0 Å². The van der Waals surface area contributed by atoms with E-state index in [2.05, 4.69) is 4.74 Å². The molecule has 0 aromatic heterocycles. The molecule has 4 nitrogen and oxygen atoms in total. The Morgan fingerprint density at radius 2 is 2.50 bits per heavy atom. The molecule has 0 bridgehead atoms. The van der Waals surface area contributed by atoms with Gasteiger partial charge in [-0.2, -0.15) is 0 Å². The van der Waals surface area contributed by atoms with Gasteiger partial charge in [-0.25, -0.2) is 0 Å². The molecule has 0 aromatic rings. The molecule has 0 aliphatic rings. The number of halogens is 1. The van der Waals surface area contributed by atoms with Crippen LogP contribution in [0.1, 0.15) is 6.92 Å². The summed E-state index contributed by atoms with van der Waals surface area (Å²) in [5, 5.41) is 9.64. The Balaban J connectivity index is 3.32. The zero-order chi connectivity index (χ0) is 6.57. The molecule has 0 saturated carbocycles. The van der Waals surface area contributed by atoms with Gasteiger partial charge in [0.1, 0.15) is 0 Å². The Bertz CT molecular complexity index is 86.6. The molecule has 0 radical (unpaired) electrons. The summed E-state index contributed by atoms with van der Waals surface area (Å²) >= 11 is 4.99. The number of ether oxygens (including phenoxy) is 1. The lowest BCUT2D eigenvalue weighted by atomic mass is 10.9. The smallest absolute Gasteiger partial charge is 0.304 e. The van der Waals surface area contributed by atoms with Gasteiger partial charge in [0.05, 0.1) is 11.5 Å². The Kier molecular flexibility index (Phi) is 3.47. The van der Waals surface area contributed by atoms with Crippen LogP contribution >= 0.6 is 11.6 Å². The molecule has 0 N–H and O–H groups in total. The van der Waals surface area contributed by atoms with Crippen LogP contribution in [0, 0.1) is 10.1 Å². The highest BCUT2D eigenvalue weighted by Crippen LogP contribution is 1.96. The number of alkyl halides is 1. The molecule has 0 fully saturated rings. The SMILES string of the molecule is CCOC(Cl)[N+](=O)[O-]. The summed E-state index contributed by atoms with van der Waals surface area (Å²) < 4.78 is 4.37. The van der Waals surface area contributed by atoms with Gasteiger partial charge in [-0.1, -0.05) is 0 Å². The van der Waals surface area contributed by atoms with E-state index in [0.29, 0.717) is 0 Å². The van der Waals surface area contributed by atoms with Crippen LogP contribution in [0.5, 0.6) is 0 Å². The van der Waals surface area contributed by atoms with Gasteiger partial charge in [0.25, 0.3) is 0 Å². The second-order valence-corrected chi connectivity index (χ2v) is 1.41. The predicted octanol–water partition coefficient (Wildman–Crippen LogP) is 0.822. The van der Waals surface area contributed by atoms with Crippen LogP contribution < -0.4 is 0 Å². The zero-order valence-electron chi connectivity index (χ0n) is 4.33. The average molecular weight is 140 g/mol. The van der Waals surface area contributed by atoms with Crippen molar-refractivity contribution in [2.45, 2.75) is 12.6 Å². The lowest BCUT2D eigenvalue weighted by Gasteiger charge is -1.97. The van der Waals surface area contributed by atoms with Gasteiger partial charge in [0.2, 0.25) is 0 Å². The van der Waals surface area contributed by atoms with Gasteiger partial charge >= 0.3 is 5.69 Å². The Labute approximate surface area is 51.5 Å². The molecule has 0 heterocycles. The fourth-order valence-electron chi connectivity index (χ4n) is 0.198. The molecule has 8 heavy (non-hydrogen) atoms. The molecule has 0 amide bonds. The molecular weight excluding hydrogens is 133 g/mol. The fraction of sp³-hybridized carbons (Fsp3) is 1.00. The molecule has 0 saturated heterocycles. The van der Waals surface area contributed by atoms with Crippen molar-refractivity contribution in [3.05, 3.63) is 10.1 Å². The lowest BCUT2D eigenvalue weighted by molar-refractivity contribution is -0.547. The summed E-state index contributed by atoms with van der Waals surface area (Å²) in [6, 6.07) is 0. The topological polar surface area (TPSA) is 52.4 Å². The van der Waals surface area contributed by atoms with E-state index in [1.54, 1.807) is 6.92 Å². The molecule has 0 aromatic carbocycles. The van der Waals surface area contributed by atoms with Crippen LogP contribution in [0.4, 0.5) is 0 Å². The molecule has 1 atom stereocenters. The van der Waals surface area contributed by atoms with Crippen LogP contribution in [0.2, 0.25) is 0 Å². The maximum absolute atomic E-state index is 9.64. The summed E-state index contributed by atoms with van der Waals surface area (Å²) in [7, 11) is 0. The van der Waals surface area contributed by atoms with Crippen LogP contribution in [0.3, 0.4) is 0 Å². The summed E-state index contributed by atoms with van der Waals surface area (Å²) in [5.74, 6) is 0. The van der Waals surface area contributed by atoms with Gasteiger partial charge in [-0.15, -0.1) is 0 Å². The van der Waals surface area contributed by atoms with Gasteiger partial charge in [0.15, 0.2) is 0 Å². The number of hydrogen-bond acceptors (Lipinski definition) is 3. The predicted molar refractivity (Wildman–Crippen MR) is 28.3 cm³/mol. The van der Waals surface area contributed by atoms with E-state index >= 15 is 0 Å². The van der Waals surface area contributed by atoms with Crippen molar-refractivity contribution in [2.75, 3.05) is 6.61 Å². The van der Waals surface area contributed by atoms with Gasteiger partial charge in [-0.05, 0) is 18.5 Å². The second kappa shape index (κ2) is 3.63. The maximum Gasteiger partial charge on any atom is 0.395 e. The van der Waals surface area contributed by atoms with Crippen LogP contribution in [-0.4, -0.2) is 17.2 Å². The third-order valence-electron chi connectivity index (χ3n) is 0.470. The van der Waals surface area contributed by atoms with Crippen LogP contribution in [0.25, 0.3) is 0 Å². The standard InChI is InChI=1S/C3H6ClNO3/c1-2-8-3(4)5(6)7/h3H,2H2,1H3. The van der Waals surface area contributed by atoms with Gasteiger partial charge < -0.3 is 4.74 Å². The molecule has 0 aliphatic heterocycles. The van der Waals surface area contributed by atoms with Crippen molar-refractivity contribution in [1.82, 2.24) is 0 Å². The van der Waals surface area contributed by atoms with E-state index in [-0.39, 0.29) is 6.61 Å². The fourth-order valence-corrected chi connectivity index (χ4v) is 0.324. The molecule has 48 valence electrons. The van der Waals surface area contributed by atoms with Crippen LogP contribution in [0.15, 0.2) is 0 Å². The highest BCUT2D eigenvalue weighted by Gasteiger charge is 2.12. The van der Waals surface area contributed by atoms with Crippen molar-refractivity contribution >= 4 is 11.6 Å². The number of rotatable bonds is 3. The monoisotopic (exact) mass is 139 g/mol. The molecule has 0 aliphatic carbocycles. The van der Waals surface area contributed by atoms with E-state index in [1.165, 1.54) is 0 Å². The lowest BCUT2D eigenvalue weighted by Crippen LogP contribution is -2.15. The molecular formula is C3H6ClNO3. The Morgan fingerprint density at radius 1 is 2.00 bits per heavy atom. The van der Waals surface area contributed by atoms with Crippen molar-refractivity contribution in [1.29, 1.82) is 0 Å². The normalized spacial score (nSPS) is 13.2. The number of hydrogen-bond donors (Lipinski definition) is 0. The Hall–Kier alpha value is -0.350. The minimum Gasteiger partial charge on any atom is -0.304 e. The molecule has 1 unspecified atom stereocenters. The van der Waals surface area contributed by atoms with Gasteiger partial charge in [0, 0.05) is 0 Å². The number of nitro groups is 1. The maximum atomic E-state index is 9.64. The summed E-state index contributed by atoms with van der Waals surface area (Å²) in [6.07, 6.45) is 0. The Morgan fingerprint density at radius 3 is 2.62 bits per heavy atom. The van der Waals surface area contributed by atoms with E-state index in [9.17, 15) is 10.1 Å². The quantitative estimate of drug-likeness (QED) is 0.191. The van der Waals surface area contributed by atoms with Crippen LogP contribution in [-0.2, 0) is 4.74 Å². The number of nitrogens with zero attached hydrogens (tertiary/aromatic N) is 1. The first kappa shape index (κ1) is 7.65.